The first-order valence-electron chi connectivity index (χ1n) is 11.0. The molecule has 2 fully saturated rings. The molecule has 1 aromatic rings. The largest absolute Gasteiger partial charge is 0.353 e. The normalized spacial score (nSPS) is 23.2. The topological polar surface area (TPSA) is 70.2 Å². The molecule has 0 atom stereocenters. The van der Waals surface area contributed by atoms with Crippen LogP contribution in [0.1, 0.15) is 76.7 Å². The number of hydrogen-bond donors (Lipinski definition) is 3. The lowest BCUT2D eigenvalue weighted by atomic mass is 9.86. The van der Waals surface area contributed by atoms with Crippen molar-refractivity contribution in [1.29, 1.82) is 0 Å². The highest BCUT2D eigenvalue weighted by Gasteiger charge is 2.23. The zero-order valence-electron chi connectivity index (χ0n) is 17.1. The summed E-state index contributed by atoms with van der Waals surface area (Å²) >= 11 is 0. The fourth-order valence-corrected chi connectivity index (χ4v) is 4.55. The number of benzene rings is 1. The van der Waals surface area contributed by atoms with Gasteiger partial charge in [-0.1, -0.05) is 31.4 Å². The molecule has 0 spiro atoms. The van der Waals surface area contributed by atoms with Crippen LogP contribution in [0.4, 0.5) is 5.69 Å². The van der Waals surface area contributed by atoms with Crippen molar-refractivity contribution >= 4 is 17.5 Å². The van der Waals surface area contributed by atoms with E-state index in [9.17, 15) is 9.59 Å². The van der Waals surface area contributed by atoms with Gasteiger partial charge in [-0.05, 0) is 62.1 Å². The number of carbonyl (C=O) groups is 2. The minimum atomic E-state index is -0.0477. The van der Waals surface area contributed by atoms with Crippen molar-refractivity contribution in [3.63, 3.8) is 0 Å². The van der Waals surface area contributed by atoms with Crippen LogP contribution in [0.2, 0.25) is 0 Å². The van der Waals surface area contributed by atoms with Gasteiger partial charge in [-0.3, -0.25) is 9.59 Å². The van der Waals surface area contributed by atoms with Crippen LogP contribution in [-0.4, -0.2) is 23.9 Å². The number of anilines is 1. The van der Waals surface area contributed by atoms with E-state index in [0.29, 0.717) is 18.0 Å². The van der Waals surface area contributed by atoms with Gasteiger partial charge in [-0.15, -0.1) is 0 Å². The second-order valence-corrected chi connectivity index (χ2v) is 8.58. The molecule has 3 N–H and O–H groups in total. The Balaban J connectivity index is 1.32. The van der Waals surface area contributed by atoms with Crippen LogP contribution >= 0.6 is 0 Å². The molecule has 1 aromatic carbocycles. The van der Waals surface area contributed by atoms with Gasteiger partial charge in [-0.2, -0.15) is 0 Å². The van der Waals surface area contributed by atoms with Gasteiger partial charge in [0, 0.05) is 37.7 Å². The van der Waals surface area contributed by atoms with Crippen molar-refractivity contribution in [2.75, 3.05) is 5.32 Å². The van der Waals surface area contributed by atoms with Crippen LogP contribution in [0.5, 0.6) is 0 Å². The summed E-state index contributed by atoms with van der Waals surface area (Å²) in [4.78, 5) is 23.4. The molecule has 2 amide bonds. The summed E-state index contributed by atoms with van der Waals surface area (Å²) < 4.78 is 0. The van der Waals surface area contributed by atoms with Gasteiger partial charge in [0.25, 0.3) is 0 Å². The minimum absolute atomic E-state index is 0.0477. The zero-order valence-corrected chi connectivity index (χ0v) is 17.1. The summed E-state index contributed by atoms with van der Waals surface area (Å²) in [5.74, 6) is 0.833. The van der Waals surface area contributed by atoms with Crippen molar-refractivity contribution in [2.45, 2.75) is 89.8 Å². The molecule has 0 aromatic heterocycles. The van der Waals surface area contributed by atoms with Crippen LogP contribution in [0.3, 0.4) is 0 Å². The maximum atomic E-state index is 12.3. The fraction of sp³-hybridized carbons (Fsp3) is 0.652. The molecule has 0 radical (unpaired) electrons. The summed E-state index contributed by atoms with van der Waals surface area (Å²) in [7, 11) is 0. The number of nitrogens with one attached hydrogen (secondary N) is 3. The van der Waals surface area contributed by atoms with Crippen molar-refractivity contribution in [1.82, 2.24) is 10.6 Å². The van der Waals surface area contributed by atoms with Gasteiger partial charge in [0.2, 0.25) is 11.8 Å². The number of carbonyl (C=O) groups excluding carboxylic acids is 2. The zero-order chi connectivity index (χ0) is 19.8. The highest BCUT2D eigenvalue weighted by Crippen LogP contribution is 2.26. The molecule has 3 rings (SSSR count). The van der Waals surface area contributed by atoms with Crippen molar-refractivity contribution < 1.29 is 9.59 Å². The predicted molar refractivity (Wildman–Crippen MR) is 113 cm³/mol. The first kappa shape index (κ1) is 20.8. The van der Waals surface area contributed by atoms with Crippen LogP contribution in [0.15, 0.2) is 24.3 Å². The van der Waals surface area contributed by atoms with Gasteiger partial charge in [-0.25, -0.2) is 0 Å². The van der Waals surface area contributed by atoms with Crippen molar-refractivity contribution in [3.05, 3.63) is 29.8 Å². The number of rotatable bonds is 7. The molecule has 154 valence electrons. The van der Waals surface area contributed by atoms with Gasteiger partial charge in [0.1, 0.15) is 0 Å². The van der Waals surface area contributed by atoms with Crippen LogP contribution in [0, 0.1) is 5.92 Å². The third-order valence-corrected chi connectivity index (χ3v) is 6.16. The molecule has 0 bridgehead atoms. The first-order valence-corrected chi connectivity index (χ1v) is 11.0. The minimum Gasteiger partial charge on any atom is -0.353 e. The second kappa shape index (κ2) is 10.6. The second-order valence-electron chi connectivity index (χ2n) is 8.58. The molecule has 0 aliphatic heterocycles. The quantitative estimate of drug-likeness (QED) is 0.661. The average Bonchev–Trinajstić information content (AvgIpc) is 2.69. The molecule has 28 heavy (non-hydrogen) atoms. The highest BCUT2D eigenvalue weighted by atomic mass is 16.2. The Morgan fingerprint density at radius 3 is 2.18 bits per heavy atom. The van der Waals surface area contributed by atoms with E-state index in [2.05, 4.69) is 28.1 Å². The van der Waals surface area contributed by atoms with E-state index in [0.717, 1.165) is 44.3 Å². The lowest BCUT2D eigenvalue weighted by Gasteiger charge is -2.30. The summed E-state index contributed by atoms with van der Waals surface area (Å²) in [6, 6.07) is 8.85. The Morgan fingerprint density at radius 2 is 1.54 bits per heavy atom. The lowest BCUT2D eigenvalue weighted by molar-refractivity contribution is -0.123. The van der Waals surface area contributed by atoms with Gasteiger partial charge in [0.05, 0.1) is 0 Å². The van der Waals surface area contributed by atoms with Gasteiger partial charge >= 0.3 is 0 Å². The molecule has 5 nitrogen and oxygen atoms in total. The summed E-state index contributed by atoms with van der Waals surface area (Å²) in [6.45, 7) is 2.36. The van der Waals surface area contributed by atoms with Crippen LogP contribution in [-0.2, 0) is 16.1 Å². The van der Waals surface area contributed by atoms with Crippen LogP contribution < -0.4 is 16.0 Å². The van der Waals surface area contributed by atoms with Gasteiger partial charge in [0.15, 0.2) is 0 Å². The van der Waals surface area contributed by atoms with Crippen molar-refractivity contribution in [3.8, 4) is 0 Å². The molecule has 2 saturated carbocycles. The third kappa shape index (κ3) is 6.93. The highest BCUT2D eigenvalue weighted by molar-refractivity contribution is 5.88. The number of amides is 2. The lowest BCUT2D eigenvalue weighted by Crippen LogP contribution is -2.42. The molecule has 5 heteroatoms. The third-order valence-electron chi connectivity index (χ3n) is 6.16. The Labute approximate surface area is 169 Å². The maximum Gasteiger partial charge on any atom is 0.221 e. The smallest absolute Gasteiger partial charge is 0.221 e. The first-order chi connectivity index (χ1) is 13.6. The predicted octanol–water partition coefficient (Wildman–Crippen LogP) is 4.13. The average molecular weight is 386 g/mol. The molecular formula is C23H35N3O2. The van der Waals surface area contributed by atoms with Gasteiger partial charge < -0.3 is 16.0 Å². The molecule has 0 unspecified atom stereocenters. The Bertz CT molecular complexity index is 630. The molecule has 0 saturated heterocycles. The Kier molecular flexibility index (Phi) is 7.90. The van der Waals surface area contributed by atoms with Crippen LogP contribution in [0.25, 0.3) is 0 Å². The molecule has 0 heterocycles. The van der Waals surface area contributed by atoms with E-state index in [4.69, 9.17) is 0 Å². The van der Waals surface area contributed by atoms with Crippen molar-refractivity contribution in [2.24, 2.45) is 5.92 Å². The SMILES string of the molecule is CC(=O)Nc1ccc(CN[C@H]2CC[C@H](NC(=O)CC3CCCCC3)CC2)cc1. The Morgan fingerprint density at radius 1 is 0.893 bits per heavy atom. The van der Waals surface area contributed by atoms with E-state index in [-0.39, 0.29) is 11.8 Å². The molecule has 2 aliphatic carbocycles. The molecular weight excluding hydrogens is 350 g/mol. The molecule has 2 aliphatic rings. The fourth-order valence-electron chi connectivity index (χ4n) is 4.55. The maximum absolute atomic E-state index is 12.3. The summed E-state index contributed by atoms with van der Waals surface area (Å²) in [5, 5.41) is 9.71. The Hall–Kier alpha value is -1.88. The monoisotopic (exact) mass is 385 g/mol. The number of hydrogen-bond acceptors (Lipinski definition) is 3. The summed E-state index contributed by atoms with van der Waals surface area (Å²) in [5.41, 5.74) is 2.05. The van der Waals surface area contributed by atoms with E-state index in [1.165, 1.54) is 44.6 Å². The standard InChI is InChI=1S/C23H35N3O2/c1-17(27)25-21-9-7-19(8-10-21)16-24-20-11-13-22(14-12-20)26-23(28)15-18-5-3-2-4-6-18/h7-10,18,20,22,24H,2-6,11-16H2,1H3,(H,25,27)(H,26,28)/t20-,22-. The van der Waals surface area contributed by atoms with E-state index >= 15 is 0 Å². The summed E-state index contributed by atoms with van der Waals surface area (Å²) in [6.07, 6.45) is 11.5. The van der Waals surface area contributed by atoms with E-state index in [1.54, 1.807) is 0 Å². The van der Waals surface area contributed by atoms with E-state index in [1.807, 2.05) is 12.1 Å². The van der Waals surface area contributed by atoms with E-state index < -0.39 is 0 Å².